The largest absolute Gasteiger partial charge is 0.748 e. The number of nitrogens with one attached hydrogen (secondary N) is 1. The lowest BCUT2D eigenvalue weighted by Gasteiger charge is -2.06. The topological polar surface area (TPSA) is 133 Å². The zero-order chi connectivity index (χ0) is 18.3. The maximum atomic E-state index is 11.4. The van der Waals surface area contributed by atoms with Crippen molar-refractivity contribution in [3.63, 3.8) is 0 Å². The highest BCUT2D eigenvalue weighted by molar-refractivity contribution is 7.84. The quantitative estimate of drug-likeness (QED) is 0.284. The maximum absolute atomic E-state index is 11.4. The standard InChI is InChI=1S/C15H16N2O2.CH4O3S/c1-2-3-14(18)19-13-7-6-10-8-12(15(16)17)5-4-11(10)9-13;1-5(2,3)4/h4-9H,2-3H2,1H3,(H3,16,17);1H3,(H,2,3,4)/p-1. The molecule has 0 aliphatic carbocycles. The van der Waals surface area contributed by atoms with E-state index in [-0.39, 0.29) is 11.8 Å². The number of nitrogen functional groups attached to an aromatic ring is 1. The van der Waals surface area contributed by atoms with E-state index in [4.69, 9.17) is 28.9 Å². The summed E-state index contributed by atoms with van der Waals surface area (Å²) in [6.07, 6.45) is 1.79. The lowest BCUT2D eigenvalue weighted by atomic mass is 10.1. The second kappa shape index (κ2) is 8.42. The molecular formula is C16H19N2O5S-. The lowest BCUT2D eigenvalue weighted by Crippen LogP contribution is -2.10. The van der Waals surface area contributed by atoms with Crippen molar-refractivity contribution in [1.82, 2.24) is 0 Å². The molecule has 8 heteroatoms. The average Bonchev–Trinajstić information content (AvgIpc) is 2.45. The van der Waals surface area contributed by atoms with E-state index >= 15 is 0 Å². The summed E-state index contributed by atoms with van der Waals surface area (Å²) >= 11 is 0. The van der Waals surface area contributed by atoms with E-state index in [1.54, 1.807) is 12.1 Å². The predicted octanol–water partition coefficient (Wildman–Crippen LogP) is 1.99. The Hall–Kier alpha value is -2.45. The molecule has 0 heterocycles. The summed E-state index contributed by atoms with van der Waals surface area (Å²) in [6.45, 7) is 1.94. The molecule has 0 aliphatic rings. The zero-order valence-corrected chi connectivity index (χ0v) is 14.2. The van der Waals surface area contributed by atoms with Crippen LogP contribution in [0.4, 0.5) is 0 Å². The molecule has 0 radical (unpaired) electrons. The third kappa shape index (κ3) is 7.21. The molecule has 2 aromatic carbocycles. The minimum absolute atomic E-state index is 0.0420. The van der Waals surface area contributed by atoms with E-state index in [0.29, 0.717) is 24.0 Å². The Morgan fingerprint density at radius 3 is 2.29 bits per heavy atom. The van der Waals surface area contributed by atoms with Crippen molar-refractivity contribution in [3.8, 4) is 5.75 Å². The van der Waals surface area contributed by atoms with Crippen LogP contribution in [-0.4, -0.2) is 31.0 Å². The number of ether oxygens (including phenoxy) is 1. The van der Waals surface area contributed by atoms with Crippen LogP contribution in [0.15, 0.2) is 36.4 Å². The molecule has 130 valence electrons. The second-order valence-electron chi connectivity index (χ2n) is 5.07. The SMILES string of the molecule is CCCC(=O)Oc1ccc2cc(C(=N)N)ccc2c1.CS(=O)(=O)[O-]. The Morgan fingerprint density at radius 1 is 1.21 bits per heavy atom. The molecule has 2 rings (SSSR count). The predicted molar refractivity (Wildman–Crippen MR) is 91.1 cm³/mol. The fourth-order valence-electron chi connectivity index (χ4n) is 1.84. The van der Waals surface area contributed by atoms with Gasteiger partial charge in [-0.3, -0.25) is 10.2 Å². The molecule has 0 bridgehead atoms. The molecule has 0 amide bonds. The van der Waals surface area contributed by atoms with Crippen LogP contribution in [0.5, 0.6) is 5.75 Å². The van der Waals surface area contributed by atoms with Crippen molar-refractivity contribution in [2.45, 2.75) is 19.8 Å². The van der Waals surface area contributed by atoms with Crippen molar-refractivity contribution in [2.24, 2.45) is 5.73 Å². The van der Waals surface area contributed by atoms with Crippen LogP contribution in [-0.2, 0) is 14.9 Å². The summed E-state index contributed by atoms with van der Waals surface area (Å²) in [5.41, 5.74) is 6.13. The molecular weight excluding hydrogens is 332 g/mol. The van der Waals surface area contributed by atoms with E-state index in [2.05, 4.69) is 0 Å². The van der Waals surface area contributed by atoms with Crippen molar-refractivity contribution < 1.29 is 22.5 Å². The van der Waals surface area contributed by atoms with E-state index in [1.165, 1.54) is 0 Å². The van der Waals surface area contributed by atoms with Gasteiger partial charge >= 0.3 is 5.97 Å². The van der Waals surface area contributed by atoms with Crippen LogP contribution in [0.25, 0.3) is 10.8 Å². The fraction of sp³-hybridized carbons (Fsp3) is 0.250. The number of benzene rings is 2. The summed E-state index contributed by atoms with van der Waals surface area (Å²) in [6, 6.07) is 10.9. The number of esters is 1. The molecule has 0 aromatic heterocycles. The van der Waals surface area contributed by atoms with Gasteiger partial charge in [-0.25, -0.2) is 8.42 Å². The molecule has 0 saturated heterocycles. The number of hydrogen-bond acceptors (Lipinski definition) is 6. The number of carbonyl (C=O) groups excluding carboxylic acids is 1. The Morgan fingerprint density at radius 2 is 1.75 bits per heavy atom. The molecule has 0 atom stereocenters. The van der Waals surface area contributed by atoms with Crippen LogP contribution in [0.2, 0.25) is 0 Å². The molecule has 2 aromatic rings. The number of amidine groups is 1. The highest BCUT2D eigenvalue weighted by atomic mass is 32.2. The lowest BCUT2D eigenvalue weighted by molar-refractivity contribution is -0.134. The smallest absolute Gasteiger partial charge is 0.311 e. The van der Waals surface area contributed by atoms with Gasteiger partial charge in [0, 0.05) is 18.2 Å². The highest BCUT2D eigenvalue weighted by Crippen LogP contribution is 2.22. The second-order valence-corrected chi connectivity index (χ2v) is 6.47. The summed E-state index contributed by atoms with van der Waals surface area (Å²) in [5.74, 6) is 0.365. The number of rotatable bonds is 4. The fourth-order valence-corrected chi connectivity index (χ4v) is 1.84. The van der Waals surface area contributed by atoms with Gasteiger partial charge in [-0.1, -0.05) is 25.1 Å². The minimum atomic E-state index is -3.92. The summed E-state index contributed by atoms with van der Waals surface area (Å²) in [4.78, 5) is 11.4. The Labute approximate surface area is 140 Å². The van der Waals surface area contributed by atoms with Crippen molar-refractivity contribution in [1.29, 1.82) is 5.41 Å². The Kier molecular flexibility index (Phi) is 6.87. The zero-order valence-electron chi connectivity index (χ0n) is 13.4. The van der Waals surface area contributed by atoms with Gasteiger partial charge in [0.25, 0.3) is 0 Å². The maximum Gasteiger partial charge on any atom is 0.311 e. The van der Waals surface area contributed by atoms with Crippen molar-refractivity contribution >= 4 is 32.7 Å². The summed E-state index contributed by atoms with van der Waals surface area (Å²) < 4.78 is 32.5. The first-order valence-corrected chi connectivity index (χ1v) is 8.91. The first kappa shape index (κ1) is 19.6. The minimum Gasteiger partial charge on any atom is -0.748 e. The molecule has 24 heavy (non-hydrogen) atoms. The molecule has 0 aliphatic heterocycles. The molecule has 3 N–H and O–H groups in total. The summed E-state index contributed by atoms with van der Waals surface area (Å²) in [5, 5.41) is 9.31. The van der Waals surface area contributed by atoms with E-state index < -0.39 is 10.1 Å². The molecule has 7 nitrogen and oxygen atoms in total. The van der Waals surface area contributed by atoms with E-state index in [9.17, 15) is 4.79 Å². The number of nitrogens with two attached hydrogens (primary N) is 1. The summed E-state index contributed by atoms with van der Waals surface area (Å²) in [7, 11) is -3.92. The van der Waals surface area contributed by atoms with Gasteiger partial charge in [-0.05, 0) is 35.4 Å². The van der Waals surface area contributed by atoms with Crippen molar-refractivity contribution in [2.75, 3.05) is 6.26 Å². The first-order chi connectivity index (χ1) is 11.1. The Bertz CT molecular complexity index is 839. The van der Waals surface area contributed by atoms with Gasteiger partial charge in [0.15, 0.2) is 0 Å². The number of hydrogen-bond donors (Lipinski definition) is 2. The molecule has 0 saturated carbocycles. The third-order valence-electron chi connectivity index (χ3n) is 2.81. The van der Waals surface area contributed by atoms with Crippen LogP contribution in [0.3, 0.4) is 0 Å². The number of fused-ring (bicyclic) bond motifs is 1. The van der Waals surface area contributed by atoms with Gasteiger partial charge in [0.1, 0.15) is 11.6 Å². The average molecular weight is 351 g/mol. The van der Waals surface area contributed by atoms with E-state index in [1.807, 2.05) is 31.2 Å². The van der Waals surface area contributed by atoms with Gasteiger partial charge in [0.05, 0.1) is 10.1 Å². The monoisotopic (exact) mass is 351 g/mol. The van der Waals surface area contributed by atoms with Crippen LogP contribution >= 0.6 is 0 Å². The van der Waals surface area contributed by atoms with Crippen molar-refractivity contribution in [3.05, 3.63) is 42.0 Å². The Balaban J connectivity index is 0.000000505. The van der Waals surface area contributed by atoms with Gasteiger partial charge in [-0.15, -0.1) is 0 Å². The molecule has 0 fully saturated rings. The first-order valence-electron chi connectivity index (χ1n) is 7.10. The van der Waals surface area contributed by atoms with Crippen LogP contribution < -0.4 is 10.5 Å². The third-order valence-corrected chi connectivity index (χ3v) is 2.81. The van der Waals surface area contributed by atoms with E-state index in [0.717, 1.165) is 17.2 Å². The molecule has 0 unspecified atom stereocenters. The highest BCUT2D eigenvalue weighted by Gasteiger charge is 2.05. The normalized spacial score (nSPS) is 10.6. The van der Waals surface area contributed by atoms with Gasteiger partial charge in [0.2, 0.25) is 0 Å². The van der Waals surface area contributed by atoms with Crippen LogP contribution in [0, 0.1) is 5.41 Å². The molecule has 0 spiro atoms. The number of carbonyl (C=O) groups is 1. The van der Waals surface area contributed by atoms with Gasteiger partial charge in [-0.2, -0.15) is 0 Å². The van der Waals surface area contributed by atoms with Gasteiger partial charge < -0.3 is 15.0 Å². The van der Waals surface area contributed by atoms with Crippen LogP contribution in [0.1, 0.15) is 25.3 Å².